The summed E-state index contributed by atoms with van der Waals surface area (Å²) in [6.07, 6.45) is 6.49. The first kappa shape index (κ1) is 13.6. The van der Waals surface area contributed by atoms with Crippen molar-refractivity contribution in [2.75, 3.05) is 5.32 Å². The molecule has 0 unspecified atom stereocenters. The maximum absolute atomic E-state index is 4.48. The van der Waals surface area contributed by atoms with Crippen molar-refractivity contribution in [3.63, 3.8) is 0 Å². The molecule has 3 rings (SSSR count). The fourth-order valence-corrected chi connectivity index (χ4v) is 2.90. The number of nitrogens with one attached hydrogen (secondary N) is 1. The molecule has 0 radical (unpaired) electrons. The van der Waals surface area contributed by atoms with Crippen molar-refractivity contribution < 1.29 is 0 Å². The number of imidazole rings is 1. The van der Waals surface area contributed by atoms with Crippen LogP contribution in [0.2, 0.25) is 0 Å². The monoisotopic (exact) mass is 394 g/mol. The second-order valence-corrected chi connectivity index (χ2v) is 6.08. The zero-order valence-electron chi connectivity index (χ0n) is 10.8. The fraction of sp³-hybridized carbons (Fsp3) is 0.143. The molecule has 6 heteroatoms. The second kappa shape index (κ2) is 5.54. The molecule has 0 atom stereocenters. The predicted molar refractivity (Wildman–Crippen MR) is 87.5 cm³/mol. The lowest BCUT2D eigenvalue weighted by molar-refractivity contribution is 1.09. The Kier molecular flexibility index (Phi) is 3.76. The summed E-state index contributed by atoms with van der Waals surface area (Å²) in [7, 11) is 0. The van der Waals surface area contributed by atoms with Gasteiger partial charge in [0.25, 0.3) is 0 Å². The molecule has 0 aliphatic carbocycles. The van der Waals surface area contributed by atoms with Gasteiger partial charge in [-0.1, -0.05) is 22.9 Å². The molecule has 0 bridgehead atoms. The number of aromatic nitrogens is 3. The van der Waals surface area contributed by atoms with Crippen LogP contribution in [-0.4, -0.2) is 14.4 Å². The molecular formula is C14H12Br2N4. The Bertz CT molecular complexity index is 767. The van der Waals surface area contributed by atoms with Crippen molar-refractivity contribution >= 4 is 49.0 Å². The van der Waals surface area contributed by atoms with Gasteiger partial charge in [0, 0.05) is 28.8 Å². The summed E-state index contributed by atoms with van der Waals surface area (Å²) in [6.45, 7) is 2.13. The molecule has 0 spiro atoms. The van der Waals surface area contributed by atoms with Gasteiger partial charge in [-0.15, -0.1) is 0 Å². The maximum Gasteiger partial charge on any atom is 0.180 e. The lowest BCUT2D eigenvalue weighted by atomic mass is 10.1. The highest BCUT2D eigenvalue weighted by molar-refractivity contribution is 9.10. The van der Waals surface area contributed by atoms with Gasteiger partial charge in [-0.3, -0.25) is 0 Å². The third-order valence-corrected chi connectivity index (χ3v) is 3.92. The van der Waals surface area contributed by atoms with E-state index in [9.17, 15) is 0 Å². The van der Waals surface area contributed by atoms with E-state index in [1.807, 2.05) is 28.9 Å². The molecule has 3 aromatic rings. The highest BCUT2D eigenvalue weighted by Gasteiger charge is 2.09. The number of nitrogens with zero attached hydrogens (tertiary/aromatic N) is 3. The molecule has 0 amide bonds. The van der Waals surface area contributed by atoms with Gasteiger partial charge in [0.2, 0.25) is 0 Å². The number of hydrogen-bond donors (Lipinski definition) is 1. The molecule has 0 saturated heterocycles. The standard InChI is InChI=1S/C14H12Br2N4/c1-2-9-7-10(15)3-4-11(9)18-13-14-17-5-6-20(14)8-12(16)19-13/h3-8H,2H2,1H3,(H,18,19). The van der Waals surface area contributed by atoms with Gasteiger partial charge in [-0.25, -0.2) is 9.97 Å². The van der Waals surface area contributed by atoms with Crippen molar-refractivity contribution in [1.29, 1.82) is 0 Å². The van der Waals surface area contributed by atoms with Crippen LogP contribution < -0.4 is 5.32 Å². The van der Waals surface area contributed by atoms with E-state index in [1.54, 1.807) is 6.20 Å². The average molecular weight is 396 g/mol. The minimum Gasteiger partial charge on any atom is -0.337 e. The predicted octanol–water partition coefficient (Wildman–Crippen LogP) is 4.56. The highest BCUT2D eigenvalue weighted by atomic mass is 79.9. The summed E-state index contributed by atoms with van der Waals surface area (Å²) < 4.78 is 3.78. The topological polar surface area (TPSA) is 42.2 Å². The Labute approximate surface area is 133 Å². The van der Waals surface area contributed by atoms with Crippen LogP contribution >= 0.6 is 31.9 Å². The van der Waals surface area contributed by atoms with E-state index < -0.39 is 0 Å². The quantitative estimate of drug-likeness (QED) is 0.706. The molecule has 0 fully saturated rings. The first-order chi connectivity index (χ1) is 9.67. The first-order valence-corrected chi connectivity index (χ1v) is 7.80. The fourth-order valence-electron chi connectivity index (χ4n) is 2.09. The van der Waals surface area contributed by atoms with Gasteiger partial charge in [0.05, 0.1) is 0 Å². The van der Waals surface area contributed by atoms with E-state index in [4.69, 9.17) is 0 Å². The Morgan fingerprint density at radius 3 is 2.95 bits per heavy atom. The van der Waals surface area contributed by atoms with Crippen LogP contribution in [0, 0.1) is 0 Å². The number of hydrogen-bond acceptors (Lipinski definition) is 3. The van der Waals surface area contributed by atoms with E-state index in [0.29, 0.717) is 0 Å². The molecule has 2 aromatic heterocycles. The summed E-state index contributed by atoms with van der Waals surface area (Å²) in [4.78, 5) is 8.81. The van der Waals surface area contributed by atoms with Gasteiger partial charge in [0.15, 0.2) is 11.5 Å². The number of halogens is 2. The summed E-state index contributed by atoms with van der Waals surface area (Å²) in [5, 5.41) is 3.38. The van der Waals surface area contributed by atoms with Crippen LogP contribution in [0.25, 0.3) is 5.65 Å². The molecule has 2 heterocycles. The molecule has 4 nitrogen and oxygen atoms in total. The van der Waals surface area contributed by atoms with Crippen molar-refractivity contribution in [2.45, 2.75) is 13.3 Å². The molecule has 0 saturated carbocycles. The highest BCUT2D eigenvalue weighted by Crippen LogP contribution is 2.26. The molecule has 1 aromatic carbocycles. The lowest BCUT2D eigenvalue weighted by Gasteiger charge is -2.12. The Hall–Kier alpha value is -1.40. The number of aryl methyl sites for hydroxylation is 1. The summed E-state index contributed by atoms with van der Waals surface area (Å²) in [6, 6.07) is 6.18. The summed E-state index contributed by atoms with van der Waals surface area (Å²) in [5.74, 6) is 0.737. The van der Waals surface area contributed by atoms with Crippen LogP contribution in [0.1, 0.15) is 12.5 Å². The molecule has 20 heavy (non-hydrogen) atoms. The minimum atomic E-state index is 0.737. The number of fused-ring (bicyclic) bond motifs is 1. The first-order valence-electron chi connectivity index (χ1n) is 6.22. The Balaban J connectivity index is 2.07. The largest absolute Gasteiger partial charge is 0.337 e. The lowest BCUT2D eigenvalue weighted by Crippen LogP contribution is -2.01. The van der Waals surface area contributed by atoms with Crippen LogP contribution in [0.15, 0.2) is 45.9 Å². The van der Waals surface area contributed by atoms with Gasteiger partial charge >= 0.3 is 0 Å². The summed E-state index contributed by atoms with van der Waals surface area (Å²) in [5.41, 5.74) is 3.08. The SMILES string of the molecule is CCc1cc(Br)ccc1Nc1nc(Br)cn2ccnc12. The average Bonchev–Trinajstić information content (AvgIpc) is 2.88. The van der Waals surface area contributed by atoms with Gasteiger partial charge in [-0.05, 0) is 46.1 Å². The van der Waals surface area contributed by atoms with Crippen LogP contribution in [0.5, 0.6) is 0 Å². The third kappa shape index (κ3) is 2.58. The molecule has 0 aliphatic rings. The van der Waals surface area contributed by atoms with Crippen molar-refractivity contribution in [2.24, 2.45) is 0 Å². The van der Waals surface area contributed by atoms with Crippen molar-refractivity contribution in [3.05, 3.63) is 51.4 Å². The normalized spacial score (nSPS) is 10.9. The van der Waals surface area contributed by atoms with E-state index in [0.717, 1.165) is 32.6 Å². The Morgan fingerprint density at radius 1 is 1.30 bits per heavy atom. The van der Waals surface area contributed by atoms with Crippen LogP contribution in [0.4, 0.5) is 11.5 Å². The summed E-state index contributed by atoms with van der Waals surface area (Å²) >= 11 is 6.92. The molecule has 0 aliphatic heterocycles. The van der Waals surface area contributed by atoms with Crippen LogP contribution in [-0.2, 0) is 6.42 Å². The Morgan fingerprint density at radius 2 is 2.15 bits per heavy atom. The maximum atomic E-state index is 4.48. The van der Waals surface area contributed by atoms with Gasteiger partial charge < -0.3 is 9.72 Å². The van der Waals surface area contributed by atoms with Crippen LogP contribution in [0.3, 0.4) is 0 Å². The number of anilines is 2. The smallest absolute Gasteiger partial charge is 0.180 e. The zero-order valence-corrected chi connectivity index (χ0v) is 13.9. The zero-order chi connectivity index (χ0) is 14.1. The van der Waals surface area contributed by atoms with Crippen molar-refractivity contribution in [1.82, 2.24) is 14.4 Å². The van der Waals surface area contributed by atoms with E-state index in [1.165, 1.54) is 5.56 Å². The van der Waals surface area contributed by atoms with E-state index >= 15 is 0 Å². The van der Waals surface area contributed by atoms with Gasteiger partial charge in [0.1, 0.15) is 4.60 Å². The molecule has 102 valence electrons. The number of benzene rings is 1. The molecule has 1 N–H and O–H groups in total. The van der Waals surface area contributed by atoms with E-state index in [-0.39, 0.29) is 0 Å². The van der Waals surface area contributed by atoms with Gasteiger partial charge in [-0.2, -0.15) is 0 Å². The number of rotatable bonds is 3. The molecular weight excluding hydrogens is 384 g/mol. The van der Waals surface area contributed by atoms with E-state index in [2.05, 4.69) is 60.1 Å². The third-order valence-electron chi connectivity index (χ3n) is 3.05. The second-order valence-electron chi connectivity index (χ2n) is 4.35. The van der Waals surface area contributed by atoms with Crippen molar-refractivity contribution in [3.8, 4) is 0 Å². The minimum absolute atomic E-state index is 0.737.